The number of hydrogen-bond donors (Lipinski definition) is 0. The fourth-order valence-electron chi connectivity index (χ4n) is 1.94. The average Bonchev–Trinajstić information content (AvgIpc) is 2.34. The van der Waals surface area contributed by atoms with Crippen LogP contribution in [0.25, 0.3) is 10.8 Å². The van der Waals surface area contributed by atoms with E-state index in [-0.39, 0.29) is 44.9 Å². The van der Waals surface area contributed by atoms with Gasteiger partial charge in [-0.05, 0) is 32.1 Å². The molecule has 1 radical (unpaired) electrons. The van der Waals surface area contributed by atoms with Gasteiger partial charge in [0.2, 0.25) is 0 Å². The Balaban J connectivity index is 0.00000220. The normalized spacial score (nSPS) is 15.6. The van der Waals surface area contributed by atoms with E-state index < -0.39 is 10.0 Å². The number of hydrogen-bond acceptors (Lipinski definition) is 4. The first kappa shape index (κ1) is 18.6. The van der Waals surface area contributed by atoms with Crippen molar-refractivity contribution in [3.8, 4) is 11.5 Å². The topological polar surface area (TPSA) is 66.7 Å². The van der Waals surface area contributed by atoms with Gasteiger partial charge in [0.1, 0.15) is 5.60 Å². The molecule has 1 aliphatic heterocycles. The van der Waals surface area contributed by atoms with E-state index in [1.54, 1.807) is 13.2 Å². The van der Waals surface area contributed by atoms with Crippen LogP contribution in [0.5, 0.6) is 11.5 Å². The van der Waals surface area contributed by atoms with Gasteiger partial charge in [-0.1, -0.05) is 11.6 Å². The summed E-state index contributed by atoms with van der Waals surface area (Å²) in [6.45, 7) is 4.01. The molecule has 0 bridgehead atoms. The Morgan fingerprint density at radius 2 is 2.00 bits per heavy atom. The number of fused-ring (bicyclic) bond motifs is 1. The molecule has 0 spiro atoms. The molecule has 0 amide bonds. The van der Waals surface area contributed by atoms with E-state index in [4.69, 9.17) is 9.47 Å². The van der Waals surface area contributed by atoms with Gasteiger partial charge in [-0.15, -0.1) is 6.54 Å². The summed E-state index contributed by atoms with van der Waals surface area (Å²) in [4.78, 5) is 0. The number of rotatable bonds is 4. The third kappa shape index (κ3) is 5.06. The summed E-state index contributed by atoms with van der Waals surface area (Å²) in [6.07, 6.45) is 4.98. The van der Waals surface area contributed by atoms with Crippen molar-refractivity contribution in [1.29, 1.82) is 0 Å². The summed E-state index contributed by atoms with van der Waals surface area (Å²) >= 11 is 0. The van der Waals surface area contributed by atoms with Gasteiger partial charge in [0.15, 0.2) is 11.5 Å². The van der Waals surface area contributed by atoms with Crippen LogP contribution in [0.1, 0.15) is 25.0 Å². The maximum Gasteiger partial charge on any atom is 0.169 e. The first-order valence-corrected chi connectivity index (χ1v) is 8.03. The molecule has 113 valence electrons. The third-order valence-electron chi connectivity index (χ3n) is 2.87. The van der Waals surface area contributed by atoms with Crippen molar-refractivity contribution in [2.75, 3.05) is 13.4 Å². The van der Waals surface area contributed by atoms with Crippen LogP contribution in [-0.4, -0.2) is 27.4 Å². The van der Waals surface area contributed by atoms with Gasteiger partial charge in [0, 0.05) is 44.5 Å². The average molecular weight is 384 g/mol. The van der Waals surface area contributed by atoms with E-state index in [0.717, 1.165) is 17.4 Å². The summed E-state index contributed by atoms with van der Waals surface area (Å²) in [5.74, 6) is 1.25. The van der Waals surface area contributed by atoms with E-state index in [1.807, 2.05) is 32.1 Å². The van der Waals surface area contributed by atoms with Crippen LogP contribution >= 0.6 is 0 Å². The van der Waals surface area contributed by atoms with Gasteiger partial charge in [-0.3, -0.25) is 0 Å². The Kier molecular flexibility index (Phi) is 6.01. The summed E-state index contributed by atoms with van der Waals surface area (Å²) < 4.78 is 37.0. The molecule has 0 N–H and O–H groups in total. The largest absolute Gasteiger partial charge is 0.545 e. The molecule has 0 aromatic heterocycles. The minimum atomic E-state index is -3.35. The predicted octanol–water partition coefficient (Wildman–Crippen LogP) is 2.71. The Labute approximate surface area is 151 Å². The Morgan fingerprint density at radius 1 is 1.33 bits per heavy atom. The summed E-state index contributed by atoms with van der Waals surface area (Å²) in [5.41, 5.74) is 1.24. The standard InChI is InChI=1S/C14H18NO4S.Y/c1-14(2)6-5-11-7-10(9-15-20(4,16)17)8-12(18-3)13(11)19-14;/h5-8H,9H2,1-4H3;/q-1;/i3-1;. The zero-order valence-corrected chi connectivity index (χ0v) is 16.2. The van der Waals surface area contributed by atoms with Gasteiger partial charge in [0.05, 0.1) is 17.1 Å². The zero-order valence-electron chi connectivity index (χ0n) is 12.6. The fraction of sp³-hybridized carbons (Fsp3) is 0.429. The minimum absolute atomic E-state index is 0. The molecular formula is C14H18NO4SY-. The SMILES string of the molecule is CC1(C)C=Cc2cc(C[N-]S(C)(=O)=O)cc(O[11CH3])c2O1.[Y]. The molecule has 1 aliphatic rings. The molecule has 0 unspecified atom stereocenters. The Bertz CT molecular complexity index is 653. The Morgan fingerprint density at radius 3 is 2.57 bits per heavy atom. The third-order valence-corrected chi connectivity index (χ3v) is 3.47. The second-order valence-corrected chi connectivity index (χ2v) is 7.00. The molecule has 7 heteroatoms. The van der Waals surface area contributed by atoms with Crippen molar-refractivity contribution in [2.24, 2.45) is 0 Å². The second-order valence-electron chi connectivity index (χ2n) is 5.28. The van der Waals surface area contributed by atoms with Gasteiger partial charge in [-0.2, -0.15) is 0 Å². The quantitative estimate of drug-likeness (QED) is 0.801. The first-order valence-electron chi connectivity index (χ1n) is 6.18. The van der Waals surface area contributed by atoms with E-state index in [2.05, 4.69) is 4.72 Å². The van der Waals surface area contributed by atoms with Crippen LogP contribution in [0.4, 0.5) is 0 Å². The van der Waals surface area contributed by atoms with E-state index >= 15 is 0 Å². The molecule has 0 saturated heterocycles. The van der Waals surface area contributed by atoms with Crippen molar-refractivity contribution in [2.45, 2.75) is 26.0 Å². The Hall–Kier alpha value is -0.426. The summed E-state index contributed by atoms with van der Waals surface area (Å²) in [6, 6.07) is 3.61. The van der Waals surface area contributed by atoms with E-state index in [0.29, 0.717) is 11.5 Å². The predicted molar refractivity (Wildman–Crippen MR) is 78.6 cm³/mol. The summed E-state index contributed by atoms with van der Waals surface area (Å²) in [7, 11) is -1.79. The first-order chi connectivity index (χ1) is 9.20. The molecule has 1 heterocycles. The molecule has 2 rings (SSSR count). The molecule has 1 aromatic rings. The summed E-state index contributed by atoms with van der Waals surface area (Å²) in [5, 5.41) is 0. The van der Waals surface area contributed by atoms with Crippen LogP contribution in [0, 0.1) is 0 Å². The number of benzene rings is 1. The molecule has 21 heavy (non-hydrogen) atoms. The minimum Gasteiger partial charge on any atom is -0.545 e. The number of ether oxygens (including phenoxy) is 2. The van der Waals surface area contributed by atoms with Gasteiger partial charge in [0.25, 0.3) is 0 Å². The maximum atomic E-state index is 11.1. The molecule has 0 atom stereocenters. The number of nitrogens with zero attached hydrogens (tertiary/aromatic N) is 1. The molecular weight excluding hydrogens is 366 g/mol. The van der Waals surface area contributed by atoms with Crippen molar-refractivity contribution in [1.82, 2.24) is 0 Å². The zero-order chi connectivity index (χ0) is 15.0. The van der Waals surface area contributed by atoms with Crippen molar-refractivity contribution in [3.63, 3.8) is 0 Å². The van der Waals surface area contributed by atoms with Crippen molar-refractivity contribution >= 4 is 16.1 Å². The van der Waals surface area contributed by atoms with Gasteiger partial charge < -0.3 is 14.2 Å². The maximum absolute atomic E-state index is 11.1. The number of sulfonamides is 1. The van der Waals surface area contributed by atoms with Gasteiger partial charge in [-0.25, -0.2) is 8.42 Å². The molecule has 1 aromatic carbocycles. The van der Waals surface area contributed by atoms with Crippen LogP contribution in [0.3, 0.4) is 0 Å². The van der Waals surface area contributed by atoms with E-state index in [1.165, 1.54) is 0 Å². The van der Waals surface area contributed by atoms with Crippen molar-refractivity contribution in [3.05, 3.63) is 34.1 Å². The van der Waals surface area contributed by atoms with Crippen molar-refractivity contribution < 1.29 is 50.6 Å². The van der Waals surface area contributed by atoms with Gasteiger partial charge >= 0.3 is 0 Å². The fourth-order valence-corrected chi connectivity index (χ4v) is 2.32. The smallest absolute Gasteiger partial charge is 0.169 e. The molecule has 0 aliphatic carbocycles. The van der Waals surface area contributed by atoms with Crippen LogP contribution in [0.15, 0.2) is 18.2 Å². The van der Waals surface area contributed by atoms with E-state index in [9.17, 15) is 8.42 Å². The molecule has 0 fully saturated rings. The monoisotopic (exact) mass is 384 g/mol. The van der Waals surface area contributed by atoms with Crippen LogP contribution < -0.4 is 9.47 Å². The van der Waals surface area contributed by atoms with Crippen LogP contribution in [-0.2, 0) is 49.3 Å². The molecule has 5 nitrogen and oxygen atoms in total. The van der Waals surface area contributed by atoms with Crippen LogP contribution in [0.2, 0.25) is 0 Å². The second kappa shape index (κ2) is 6.77. The number of methoxy groups -OCH3 is 1. The molecule has 0 saturated carbocycles.